The zero-order chi connectivity index (χ0) is 60.8. The molecule has 4 heteroatoms. The highest BCUT2D eigenvalue weighted by Gasteiger charge is 2.32. The number of phenols is 4. The quantitative estimate of drug-likeness (QED) is 0.0455. The lowest BCUT2D eigenvalue weighted by Gasteiger charge is -2.30. The molecule has 6 aromatic rings. The molecule has 0 atom stereocenters. The number of aryl methyl sites for hydroxylation is 2. The van der Waals surface area contributed by atoms with Crippen LogP contribution in [0.3, 0.4) is 0 Å². The Morgan fingerprint density at radius 3 is 0.854 bits per heavy atom. The summed E-state index contributed by atoms with van der Waals surface area (Å²) < 4.78 is 0. The van der Waals surface area contributed by atoms with Crippen molar-refractivity contribution in [2.45, 2.75) is 273 Å². The van der Waals surface area contributed by atoms with E-state index < -0.39 is 0 Å². The number of benzene rings is 6. The van der Waals surface area contributed by atoms with Crippen LogP contribution < -0.4 is 0 Å². The molecule has 0 aliphatic rings. The van der Waals surface area contributed by atoms with Crippen molar-refractivity contribution in [1.82, 2.24) is 0 Å². The van der Waals surface area contributed by atoms with Gasteiger partial charge in [-0.05, 0) is 114 Å². The number of hydrogen-bond donors (Lipinski definition) is 4. The first-order chi connectivity index (χ1) is 38.3. The fourth-order valence-electron chi connectivity index (χ4n) is 11.7. The first-order valence-corrected chi connectivity index (χ1v) is 31.9. The SMILES string of the molecule is CC(C)(C)c1cc(Cc2cc(C(C)(C)C)cc(C(C)(C)C)c2O)c(O)c(C(C)(C)C)c1.CCCCCCCCCc1cc(Cc2cc(CCCCCCCCC)cc(C(C)(C)c3ccccc3)c2O)c(O)c(C(C)(C)c2ccccc2)c1. The van der Waals surface area contributed by atoms with E-state index in [9.17, 15) is 20.4 Å². The molecule has 0 fully saturated rings. The standard InChI is InChI=1S/C49H68O2.C29H44O2/c1-7-9-11-13-15-17-21-27-38-33-40(46(50)44(35-38)48(3,4)42-29-23-19-24-30-42)37-41-34-39(28-22-18-16-14-12-10-8-2)36-45(47(41)51)49(5,6)43-31-25-20-26-32-43;1-26(2,3)20-14-18(24(30)22(16-20)28(7,8)9)13-19-15-21(27(4,5)6)17-23(25(19)31)29(10,11)12/h19-20,23-26,29-36,50-51H,7-18,21-22,27-28,37H2,1-6H3;14-17,30-31H,13H2,1-12H3. The Morgan fingerprint density at radius 1 is 0.280 bits per heavy atom. The van der Waals surface area contributed by atoms with Gasteiger partial charge in [0.15, 0.2) is 0 Å². The summed E-state index contributed by atoms with van der Waals surface area (Å²) in [4.78, 5) is 0. The second kappa shape index (κ2) is 28.9. The molecule has 0 spiro atoms. The van der Waals surface area contributed by atoms with Crippen LogP contribution in [0.25, 0.3) is 0 Å². The monoisotopic (exact) mass is 1110 g/mol. The predicted molar refractivity (Wildman–Crippen MR) is 353 cm³/mol. The van der Waals surface area contributed by atoms with Crippen LogP contribution in [0.4, 0.5) is 0 Å². The summed E-state index contributed by atoms with van der Waals surface area (Å²) in [6, 6.07) is 38.6. The van der Waals surface area contributed by atoms with E-state index in [1.54, 1.807) is 0 Å². The van der Waals surface area contributed by atoms with E-state index in [0.717, 1.165) is 70.2 Å². The number of aromatic hydroxyl groups is 4. The van der Waals surface area contributed by atoms with Crippen molar-refractivity contribution >= 4 is 0 Å². The van der Waals surface area contributed by atoms with Crippen LogP contribution >= 0.6 is 0 Å². The average molecular weight is 1110 g/mol. The van der Waals surface area contributed by atoms with Gasteiger partial charge in [0.1, 0.15) is 23.0 Å². The lowest BCUT2D eigenvalue weighted by molar-refractivity contribution is 0.433. The smallest absolute Gasteiger partial charge is 0.123 e. The molecule has 6 aromatic carbocycles. The molecule has 0 saturated heterocycles. The summed E-state index contributed by atoms with van der Waals surface area (Å²) in [7, 11) is 0. The largest absolute Gasteiger partial charge is 0.507 e. The zero-order valence-corrected chi connectivity index (χ0v) is 54.9. The summed E-state index contributed by atoms with van der Waals surface area (Å²) >= 11 is 0. The number of hydrogen-bond acceptors (Lipinski definition) is 4. The minimum atomic E-state index is -0.377. The number of phenolic OH excluding ortho intramolecular Hbond substituents is 4. The normalized spacial score (nSPS) is 12.6. The lowest BCUT2D eigenvalue weighted by atomic mass is 9.75. The maximum Gasteiger partial charge on any atom is 0.123 e. The summed E-state index contributed by atoms with van der Waals surface area (Å²) in [6.07, 6.45) is 20.8. The third-order valence-corrected chi connectivity index (χ3v) is 17.5. The summed E-state index contributed by atoms with van der Waals surface area (Å²) in [5.74, 6) is 1.40. The Bertz CT molecular complexity index is 2740. The van der Waals surface area contributed by atoms with Gasteiger partial charge in [-0.2, -0.15) is 0 Å². The summed E-state index contributed by atoms with van der Waals surface area (Å²) in [6.45, 7) is 39.4. The van der Waals surface area contributed by atoms with Gasteiger partial charge in [-0.1, -0.05) is 311 Å². The molecular formula is C78H112O4. The molecule has 0 unspecified atom stereocenters. The molecule has 0 aliphatic heterocycles. The Labute approximate surface area is 500 Å². The van der Waals surface area contributed by atoms with Crippen molar-refractivity contribution in [2.75, 3.05) is 0 Å². The second-order valence-corrected chi connectivity index (χ2v) is 29.4. The molecule has 6 rings (SSSR count). The molecular weight excluding hydrogens is 1000 g/mol. The van der Waals surface area contributed by atoms with Crippen molar-refractivity contribution in [2.24, 2.45) is 0 Å². The Kier molecular flexibility index (Phi) is 23.7. The highest BCUT2D eigenvalue weighted by atomic mass is 16.3. The molecule has 4 nitrogen and oxygen atoms in total. The summed E-state index contributed by atoms with van der Waals surface area (Å²) in [5.41, 5.74) is 13.6. The van der Waals surface area contributed by atoms with E-state index in [2.05, 4.69) is 234 Å². The molecule has 0 saturated carbocycles. The van der Waals surface area contributed by atoms with E-state index in [4.69, 9.17) is 0 Å². The molecule has 0 bridgehead atoms. The first kappa shape index (κ1) is 67.3. The molecule has 0 amide bonds. The van der Waals surface area contributed by atoms with Gasteiger partial charge in [0.25, 0.3) is 0 Å². The maximum absolute atomic E-state index is 12.1. The maximum atomic E-state index is 12.1. The highest BCUT2D eigenvalue weighted by molar-refractivity contribution is 5.58. The summed E-state index contributed by atoms with van der Waals surface area (Å²) in [5, 5.41) is 46.7. The van der Waals surface area contributed by atoms with Gasteiger partial charge in [-0.15, -0.1) is 0 Å². The van der Waals surface area contributed by atoms with Gasteiger partial charge in [0, 0.05) is 34.8 Å². The van der Waals surface area contributed by atoms with Crippen LogP contribution in [-0.4, -0.2) is 20.4 Å². The van der Waals surface area contributed by atoms with Gasteiger partial charge in [-0.3, -0.25) is 0 Å². The topological polar surface area (TPSA) is 80.9 Å². The van der Waals surface area contributed by atoms with Crippen molar-refractivity contribution in [3.8, 4) is 23.0 Å². The molecule has 82 heavy (non-hydrogen) atoms. The van der Waals surface area contributed by atoms with Crippen LogP contribution in [0.1, 0.15) is 292 Å². The van der Waals surface area contributed by atoms with Gasteiger partial charge in [0.05, 0.1) is 0 Å². The van der Waals surface area contributed by atoms with Gasteiger partial charge in [-0.25, -0.2) is 0 Å². The second-order valence-electron chi connectivity index (χ2n) is 29.4. The minimum Gasteiger partial charge on any atom is -0.507 e. The van der Waals surface area contributed by atoms with E-state index >= 15 is 0 Å². The minimum absolute atomic E-state index is 0.0334. The van der Waals surface area contributed by atoms with E-state index in [-0.39, 0.29) is 32.5 Å². The third kappa shape index (κ3) is 18.3. The van der Waals surface area contributed by atoms with Crippen molar-refractivity contribution in [3.05, 3.63) is 187 Å². The molecule has 0 aliphatic carbocycles. The fraction of sp³-hybridized carbons (Fsp3) is 0.538. The third-order valence-electron chi connectivity index (χ3n) is 17.5. The molecule has 448 valence electrons. The van der Waals surface area contributed by atoms with Crippen molar-refractivity contribution < 1.29 is 20.4 Å². The molecule has 4 N–H and O–H groups in total. The van der Waals surface area contributed by atoms with Crippen LogP contribution in [0.5, 0.6) is 23.0 Å². The highest BCUT2D eigenvalue weighted by Crippen LogP contribution is 2.46. The Balaban J connectivity index is 0.000000340. The lowest BCUT2D eigenvalue weighted by Crippen LogP contribution is -2.20. The van der Waals surface area contributed by atoms with Gasteiger partial charge >= 0.3 is 0 Å². The number of unbranched alkanes of at least 4 members (excludes halogenated alkanes) is 12. The zero-order valence-electron chi connectivity index (χ0n) is 54.9. The van der Waals surface area contributed by atoms with E-state index in [0.29, 0.717) is 35.8 Å². The van der Waals surface area contributed by atoms with Crippen LogP contribution in [0.2, 0.25) is 0 Å². The van der Waals surface area contributed by atoms with E-state index in [1.807, 2.05) is 0 Å². The van der Waals surface area contributed by atoms with Crippen molar-refractivity contribution in [3.63, 3.8) is 0 Å². The van der Waals surface area contributed by atoms with Gasteiger partial charge < -0.3 is 20.4 Å². The molecule has 0 radical (unpaired) electrons. The van der Waals surface area contributed by atoms with Crippen LogP contribution in [-0.2, 0) is 58.2 Å². The number of rotatable bonds is 24. The van der Waals surface area contributed by atoms with Gasteiger partial charge in [0.2, 0.25) is 0 Å². The Morgan fingerprint density at radius 2 is 0.561 bits per heavy atom. The fourth-order valence-corrected chi connectivity index (χ4v) is 11.7. The predicted octanol–water partition coefficient (Wildman–Crippen LogP) is 21.8. The Hall–Kier alpha value is -5.48. The van der Waals surface area contributed by atoms with Crippen LogP contribution in [0, 0.1) is 0 Å². The van der Waals surface area contributed by atoms with Crippen molar-refractivity contribution in [1.29, 1.82) is 0 Å². The molecule has 0 aromatic heterocycles. The average Bonchev–Trinajstić information content (AvgIpc) is 3.50. The van der Waals surface area contributed by atoms with E-state index in [1.165, 1.54) is 110 Å². The first-order valence-electron chi connectivity index (χ1n) is 31.9. The van der Waals surface area contributed by atoms with Crippen LogP contribution in [0.15, 0.2) is 109 Å². The molecule has 0 heterocycles.